The first kappa shape index (κ1) is 25.6. The van der Waals surface area contributed by atoms with Crippen LogP contribution in [0.4, 0.5) is 5.82 Å². The van der Waals surface area contributed by atoms with Crippen LogP contribution in [0.1, 0.15) is 94.7 Å². The maximum Gasteiger partial charge on any atom is 0.374 e. The predicted molar refractivity (Wildman–Crippen MR) is 146 cm³/mol. The molecule has 3 aromatic heterocycles. The zero-order chi connectivity index (χ0) is 26.3. The Labute approximate surface area is 219 Å². The molecule has 0 amide bonds. The number of nitrogens with zero attached hydrogens (tertiary/aromatic N) is 6. The Balaban J connectivity index is 1.69. The van der Waals surface area contributed by atoms with Crippen LogP contribution in [0.5, 0.6) is 0 Å². The average molecular weight is 505 g/mol. The number of pyridine rings is 1. The van der Waals surface area contributed by atoms with Gasteiger partial charge in [0.15, 0.2) is 17.3 Å². The summed E-state index contributed by atoms with van der Waals surface area (Å²) in [6, 6.07) is 4.40. The molecule has 8 nitrogen and oxygen atoms in total. The third-order valence-corrected chi connectivity index (χ3v) is 8.81. The van der Waals surface area contributed by atoms with E-state index in [1.165, 1.54) is 50.5 Å². The van der Waals surface area contributed by atoms with Crippen molar-refractivity contribution in [3.8, 4) is 11.5 Å². The van der Waals surface area contributed by atoms with E-state index in [2.05, 4.69) is 53.2 Å². The lowest BCUT2D eigenvalue weighted by molar-refractivity contribution is 0.0684. The fourth-order valence-corrected chi connectivity index (χ4v) is 5.86. The smallest absolute Gasteiger partial charge is 0.374 e. The lowest BCUT2D eigenvalue weighted by atomic mass is 9.80. The summed E-state index contributed by atoms with van der Waals surface area (Å²) in [5.74, 6) is 2.31. The van der Waals surface area contributed by atoms with Gasteiger partial charge in [-0.3, -0.25) is 4.98 Å². The van der Waals surface area contributed by atoms with E-state index in [0.717, 1.165) is 29.5 Å². The fraction of sp³-hybridized carbons (Fsp3) is 0.621. The first-order valence-corrected chi connectivity index (χ1v) is 13.9. The van der Waals surface area contributed by atoms with E-state index in [9.17, 15) is 9.90 Å². The van der Waals surface area contributed by atoms with Gasteiger partial charge in [0.25, 0.3) is 0 Å². The lowest BCUT2D eigenvalue weighted by Crippen LogP contribution is -2.39. The fourth-order valence-electron chi connectivity index (χ4n) is 5.86. The Bertz CT molecular complexity index is 1270. The first-order valence-electron chi connectivity index (χ1n) is 13.9. The zero-order valence-electron chi connectivity index (χ0n) is 22.8. The molecule has 1 atom stereocenters. The van der Waals surface area contributed by atoms with Crippen molar-refractivity contribution >= 4 is 23.0 Å². The number of hydrogen-bond acceptors (Lipinski definition) is 6. The molecule has 3 heterocycles. The number of carboxylic acid groups (broad SMARTS) is 1. The van der Waals surface area contributed by atoms with Gasteiger partial charge >= 0.3 is 5.97 Å². The van der Waals surface area contributed by atoms with Crippen LogP contribution in [-0.4, -0.2) is 48.7 Å². The van der Waals surface area contributed by atoms with Gasteiger partial charge in [-0.05, 0) is 74.0 Å². The van der Waals surface area contributed by atoms with Gasteiger partial charge in [0.1, 0.15) is 11.2 Å². The molecule has 0 unspecified atom stereocenters. The van der Waals surface area contributed by atoms with Crippen LogP contribution in [0.15, 0.2) is 18.3 Å². The van der Waals surface area contributed by atoms with Gasteiger partial charge in [0.05, 0.1) is 0 Å². The van der Waals surface area contributed by atoms with E-state index in [1.807, 2.05) is 19.3 Å². The Kier molecular flexibility index (Phi) is 7.19. The minimum Gasteiger partial charge on any atom is -0.475 e. The number of carbonyl (C=O) groups is 1. The summed E-state index contributed by atoms with van der Waals surface area (Å²) in [5, 5.41) is 9.84. The topological polar surface area (TPSA) is 97.0 Å². The van der Waals surface area contributed by atoms with E-state index in [0.29, 0.717) is 29.2 Å². The van der Waals surface area contributed by atoms with Gasteiger partial charge in [-0.15, -0.1) is 0 Å². The van der Waals surface area contributed by atoms with Crippen molar-refractivity contribution in [3.05, 3.63) is 29.7 Å². The molecule has 0 aromatic carbocycles. The Morgan fingerprint density at radius 1 is 1.11 bits per heavy atom. The van der Waals surface area contributed by atoms with E-state index < -0.39 is 5.97 Å². The molecule has 0 aliphatic heterocycles. The highest BCUT2D eigenvalue weighted by atomic mass is 16.4. The lowest BCUT2D eigenvalue weighted by Gasteiger charge is -2.38. The molecule has 2 aliphatic rings. The van der Waals surface area contributed by atoms with Crippen LogP contribution in [-0.2, 0) is 6.54 Å². The average Bonchev–Trinajstić information content (AvgIpc) is 3.21. The van der Waals surface area contributed by atoms with Crippen molar-refractivity contribution in [3.63, 3.8) is 0 Å². The Morgan fingerprint density at radius 2 is 1.84 bits per heavy atom. The monoisotopic (exact) mass is 504 g/mol. The minimum absolute atomic E-state index is 0.207. The van der Waals surface area contributed by atoms with Crippen molar-refractivity contribution in [2.45, 2.75) is 91.1 Å². The molecule has 1 N–H and O–H groups in total. The van der Waals surface area contributed by atoms with Gasteiger partial charge < -0.3 is 14.6 Å². The molecular weight excluding hydrogens is 464 g/mol. The molecule has 5 rings (SSSR count). The second-order valence-corrected chi connectivity index (χ2v) is 11.7. The summed E-state index contributed by atoms with van der Waals surface area (Å²) >= 11 is 0. The van der Waals surface area contributed by atoms with Gasteiger partial charge in [0, 0.05) is 25.8 Å². The molecule has 0 saturated heterocycles. The van der Waals surface area contributed by atoms with E-state index in [1.54, 1.807) is 0 Å². The highest BCUT2D eigenvalue weighted by Crippen LogP contribution is 2.38. The van der Waals surface area contributed by atoms with Crippen molar-refractivity contribution in [2.75, 3.05) is 11.9 Å². The maximum atomic E-state index is 12.0. The number of rotatable bonds is 8. The second kappa shape index (κ2) is 10.4. The first-order chi connectivity index (χ1) is 17.7. The largest absolute Gasteiger partial charge is 0.475 e. The van der Waals surface area contributed by atoms with Crippen LogP contribution < -0.4 is 4.90 Å². The van der Waals surface area contributed by atoms with Gasteiger partial charge in [-0.25, -0.2) is 19.7 Å². The van der Waals surface area contributed by atoms with Gasteiger partial charge in [-0.2, -0.15) is 0 Å². The molecule has 2 saturated carbocycles. The van der Waals surface area contributed by atoms with Crippen molar-refractivity contribution in [1.82, 2.24) is 24.5 Å². The molecule has 3 aromatic rings. The highest BCUT2D eigenvalue weighted by Gasteiger charge is 2.32. The van der Waals surface area contributed by atoms with E-state index >= 15 is 0 Å². The maximum absolute atomic E-state index is 12.0. The Morgan fingerprint density at radius 3 is 2.46 bits per heavy atom. The molecule has 2 aliphatic carbocycles. The van der Waals surface area contributed by atoms with E-state index in [-0.39, 0.29) is 11.9 Å². The highest BCUT2D eigenvalue weighted by molar-refractivity contribution is 5.92. The number of aromatic nitrogens is 5. The summed E-state index contributed by atoms with van der Waals surface area (Å²) in [7, 11) is 2.04. The summed E-state index contributed by atoms with van der Waals surface area (Å²) in [4.78, 5) is 32.9. The third kappa shape index (κ3) is 5.07. The number of anilines is 1. The van der Waals surface area contributed by atoms with Crippen LogP contribution in [0.25, 0.3) is 22.7 Å². The normalized spacial score (nSPS) is 21.2. The quantitative estimate of drug-likeness (QED) is 0.392. The molecule has 0 radical (unpaired) electrons. The van der Waals surface area contributed by atoms with Crippen LogP contribution in [0.3, 0.4) is 0 Å². The summed E-state index contributed by atoms with van der Waals surface area (Å²) in [6.45, 7) is 9.71. The zero-order valence-corrected chi connectivity index (χ0v) is 22.8. The number of aromatic carboxylic acids is 1. The molecule has 198 valence electrons. The van der Waals surface area contributed by atoms with Crippen molar-refractivity contribution in [2.24, 2.45) is 17.8 Å². The molecule has 0 spiro atoms. The van der Waals surface area contributed by atoms with Crippen molar-refractivity contribution < 1.29 is 9.90 Å². The molecule has 37 heavy (non-hydrogen) atoms. The number of imidazole rings is 1. The van der Waals surface area contributed by atoms with Crippen molar-refractivity contribution in [1.29, 1.82) is 0 Å². The SMILES string of the molecule is CC(C)c1ccnc(-c2nc3nc(C(=O)O)nc(N(C)[C@H](C)C4CCC4)c3n2C[C@H]2CC[C@H](C)CC2)c1. The molecular formula is C29H40N6O2. The van der Waals surface area contributed by atoms with Crippen LogP contribution >= 0.6 is 0 Å². The van der Waals surface area contributed by atoms with Crippen LogP contribution in [0, 0.1) is 17.8 Å². The molecule has 0 bridgehead atoms. The van der Waals surface area contributed by atoms with Gasteiger partial charge in [-0.1, -0.05) is 40.0 Å². The molecule has 8 heteroatoms. The minimum atomic E-state index is -1.13. The second-order valence-electron chi connectivity index (χ2n) is 11.7. The van der Waals surface area contributed by atoms with E-state index in [4.69, 9.17) is 9.97 Å². The summed E-state index contributed by atoms with van der Waals surface area (Å²) in [6.07, 6.45) is 10.3. The predicted octanol–water partition coefficient (Wildman–Crippen LogP) is 6.16. The van der Waals surface area contributed by atoms with Crippen LogP contribution in [0.2, 0.25) is 0 Å². The summed E-state index contributed by atoms with van der Waals surface area (Å²) in [5.41, 5.74) is 3.25. The molecule has 2 fully saturated rings. The third-order valence-electron chi connectivity index (χ3n) is 8.81. The summed E-state index contributed by atoms with van der Waals surface area (Å²) < 4.78 is 2.24. The number of carboxylic acids is 1. The number of fused-ring (bicyclic) bond motifs is 1. The van der Waals surface area contributed by atoms with Gasteiger partial charge in [0.2, 0.25) is 5.82 Å². The standard InChI is InChI=1S/C29H40N6O2/c1-17(2)22-13-14-30-23(15-22)27-32-25-24(35(27)16-20-11-9-18(3)10-12-20)28(33-26(31-25)29(36)37)34(5)19(4)21-7-6-8-21/h13-15,17-21H,6-12,16H2,1-5H3,(H,36,37)/t18-,19-,20-/m1/s1. The number of hydrogen-bond donors (Lipinski definition) is 1. The Hall–Kier alpha value is -3.03.